The summed E-state index contributed by atoms with van der Waals surface area (Å²) in [6.07, 6.45) is 1.77. The van der Waals surface area contributed by atoms with Crippen LogP contribution in [0.4, 0.5) is 0 Å². The molecule has 154 valence electrons. The summed E-state index contributed by atoms with van der Waals surface area (Å²) >= 11 is 0. The Hall–Kier alpha value is -3.17. The summed E-state index contributed by atoms with van der Waals surface area (Å²) in [6, 6.07) is 26.8. The van der Waals surface area contributed by atoms with Crippen molar-refractivity contribution in [2.75, 3.05) is 0 Å². The molecule has 0 unspecified atom stereocenters. The lowest BCUT2D eigenvalue weighted by Crippen LogP contribution is -2.52. The molecule has 0 fully saturated rings. The van der Waals surface area contributed by atoms with Gasteiger partial charge in [-0.15, -0.1) is 0 Å². The highest BCUT2D eigenvalue weighted by Crippen LogP contribution is 2.32. The molecule has 0 aliphatic heterocycles. The van der Waals surface area contributed by atoms with Crippen LogP contribution in [0.1, 0.15) is 11.3 Å². The monoisotopic (exact) mass is 422 g/mol. The summed E-state index contributed by atoms with van der Waals surface area (Å²) < 4.78 is 8.03. The average Bonchev–Trinajstić information content (AvgIpc) is 3.22. The Balaban J connectivity index is 1.75. The molecule has 31 heavy (non-hydrogen) atoms. The first-order chi connectivity index (χ1) is 14.9. The van der Waals surface area contributed by atoms with E-state index in [4.69, 9.17) is 4.42 Å². The molecule has 0 saturated heterocycles. The Bertz CT molecular complexity index is 1430. The Kier molecular flexibility index (Phi) is 4.60. The predicted molar refractivity (Wildman–Crippen MR) is 133 cm³/mol. The zero-order chi connectivity index (χ0) is 21.8. The molecule has 0 N–H and O–H groups in total. The highest BCUT2D eigenvalue weighted by molar-refractivity contribution is 7.00. The first-order valence-electron chi connectivity index (χ1n) is 10.8. The van der Waals surface area contributed by atoms with E-state index < -0.39 is 8.07 Å². The highest BCUT2D eigenvalue weighted by atomic mass is 28.3. The van der Waals surface area contributed by atoms with Crippen LogP contribution >= 0.6 is 0 Å². The first-order valence-corrected chi connectivity index (χ1v) is 13.8. The molecule has 0 aliphatic carbocycles. The normalized spacial score (nSPS) is 12.0. The van der Waals surface area contributed by atoms with E-state index in [-0.39, 0.29) is 0 Å². The Morgan fingerprint density at radius 1 is 0.774 bits per heavy atom. The molecule has 5 rings (SSSR count). The van der Waals surface area contributed by atoms with Crippen LogP contribution in [-0.4, -0.2) is 8.07 Å². The quantitative estimate of drug-likeness (QED) is 0.276. The molecule has 0 bridgehead atoms. The molecule has 3 heteroatoms. The van der Waals surface area contributed by atoms with E-state index in [2.05, 4.69) is 105 Å². The fourth-order valence-electron chi connectivity index (χ4n) is 4.69. The minimum absolute atomic E-state index is 0.935. The molecule has 0 spiro atoms. The van der Waals surface area contributed by atoms with Crippen molar-refractivity contribution in [1.82, 2.24) is 0 Å². The summed E-state index contributed by atoms with van der Waals surface area (Å²) in [6.45, 7) is 9.26. The second-order valence-electron chi connectivity index (χ2n) is 9.11. The lowest BCUT2D eigenvalue weighted by Gasteiger charge is -2.24. The van der Waals surface area contributed by atoms with Crippen LogP contribution in [0.15, 0.2) is 83.5 Å². The van der Waals surface area contributed by atoms with Crippen LogP contribution in [-0.2, 0) is 7.05 Å². The lowest BCUT2D eigenvalue weighted by atomic mass is 9.97. The van der Waals surface area contributed by atoms with Crippen LogP contribution in [0.5, 0.6) is 0 Å². The summed E-state index contributed by atoms with van der Waals surface area (Å²) in [7, 11) is 0.399. The smallest absolute Gasteiger partial charge is 0.220 e. The van der Waals surface area contributed by atoms with Crippen molar-refractivity contribution in [3.05, 3.63) is 90.3 Å². The molecule has 2 nitrogen and oxygen atoms in total. The average molecular weight is 423 g/mol. The number of pyridine rings is 1. The number of aromatic nitrogens is 1. The topological polar surface area (TPSA) is 17.0 Å². The molecule has 0 saturated carbocycles. The summed E-state index contributed by atoms with van der Waals surface area (Å²) in [5.41, 5.74) is 5.92. The van der Waals surface area contributed by atoms with Gasteiger partial charge in [0.25, 0.3) is 0 Å². The van der Waals surface area contributed by atoms with Gasteiger partial charge in [0.1, 0.15) is 20.7 Å². The van der Waals surface area contributed by atoms with Crippen molar-refractivity contribution in [2.24, 2.45) is 7.05 Å². The first kappa shape index (κ1) is 19.8. The number of aryl methyl sites for hydroxylation is 2. The van der Waals surface area contributed by atoms with Crippen molar-refractivity contribution in [3.63, 3.8) is 0 Å². The number of nitrogens with zero attached hydrogens (tertiary/aromatic N) is 1. The molecule has 5 aromatic rings. The SMILES string of the molecule is Cc1cc2ccoc2cc1-c1c2ccc([Si](C)(C)c3ccccc3)cc2cc(C)[n+]1C. The van der Waals surface area contributed by atoms with Crippen LogP contribution in [0.3, 0.4) is 0 Å². The molecule has 0 radical (unpaired) electrons. The zero-order valence-electron chi connectivity index (χ0n) is 18.9. The molecule has 3 aromatic carbocycles. The van der Waals surface area contributed by atoms with Gasteiger partial charge in [-0.3, -0.25) is 0 Å². The number of fused-ring (bicyclic) bond motifs is 2. The van der Waals surface area contributed by atoms with Crippen LogP contribution < -0.4 is 14.9 Å². The maximum atomic E-state index is 5.73. The predicted octanol–water partition coefficient (Wildman–Crippen LogP) is 5.52. The molecule has 2 heterocycles. The third-order valence-electron chi connectivity index (χ3n) is 6.81. The zero-order valence-corrected chi connectivity index (χ0v) is 19.9. The largest absolute Gasteiger partial charge is 0.464 e. The summed E-state index contributed by atoms with van der Waals surface area (Å²) in [5, 5.41) is 6.66. The third-order valence-corrected chi connectivity index (χ3v) is 10.3. The summed E-state index contributed by atoms with van der Waals surface area (Å²) in [4.78, 5) is 0. The van der Waals surface area contributed by atoms with E-state index in [0.717, 1.165) is 11.0 Å². The van der Waals surface area contributed by atoms with Crippen LogP contribution in [0, 0.1) is 13.8 Å². The van der Waals surface area contributed by atoms with Crippen molar-refractivity contribution >= 4 is 40.2 Å². The third kappa shape index (κ3) is 3.21. The van der Waals surface area contributed by atoms with Crippen molar-refractivity contribution in [2.45, 2.75) is 26.9 Å². The second kappa shape index (κ2) is 7.21. The van der Waals surface area contributed by atoms with E-state index in [0.29, 0.717) is 0 Å². The Labute approximate surface area is 184 Å². The maximum Gasteiger partial charge on any atom is 0.220 e. The molecular weight excluding hydrogens is 394 g/mol. The van der Waals surface area contributed by atoms with Gasteiger partial charge in [-0.1, -0.05) is 65.9 Å². The summed E-state index contributed by atoms with van der Waals surface area (Å²) in [5.74, 6) is 0. The Morgan fingerprint density at radius 2 is 1.55 bits per heavy atom. The van der Waals surface area contributed by atoms with Gasteiger partial charge < -0.3 is 4.42 Å². The minimum atomic E-state index is -1.76. The van der Waals surface area contributed by atoms with Gasteiger partial charge in [-0.25, -0.2) is 0 Å². The standard InChI is InChI=1S/C28H28NOSi/c1-19-15-21-13-14-30-27(21)18-26(19)28-25-12-11-24(17-22(25)16-20(2)29(28)3)31(4,5)23-9-7-6-8-10-23/h6-18H,1-5H3/q+1. The minimum Gasteiger partial charge on any atom is -0.464 e. The molecule has 2 aromatic heterocycles. The van der Waals surface area contributed by atoms with Gasteiger partial charge in [0.15, 0.2) is 5.69 Å². The molecular formula is C28H28NOSi+. The fraction of sp³-hybridized carbons (Fsp3) is 0.179. The number of hydrogen-bond acceptors (Lipinski definition) is 1. The van der Waals surface area contributed by atoms with Gasteiger partial charge in [-0.2, -0.15) is 4.57 Å². The van der Waals surface area contributed by atoms with E-state index >= 15 is 0 Å². The lowest BCUT2D eigenvalue weighted by molar-refractivity contribution is -0.665. The van der Waals surface area contributed by atoms with Gasteiger partial charge in [0, 0.05) is 18.4 Å². The van der Waals surface area contributed by atoms with Crippen molar-refractivity contribution in [1.29, 1.82) is 0 Å². The molecule has 0 atom stereocenters. The van der Waals surface area contributed by atoms with Gasteiger partial charge in [-0.05, 0) is 42.1 Å². The number of benzene rings is 3. The number of hydrogen-bond donors (Lipinski definition) is 0. The second-order valence-corrected chi connectivity index (χ2v) is 13.5. The van der Waals surface area contributed by atoms with Crippen molar-refractivity contribution in [3.8, 4) is 11.3 Å². The van der Waals surface area contributed by atoms with Crippen LogP contribution in [0.25, 0.3) is 33.0 Å². The maximum absolute atomic E-state index is 5.73. The molecule has 0 aliphatic rings. The highest BCUT2D eigenvalue weighted by Gasteiger charge is 2.27. The van der Waals surface area contributed by atoms with Crippen molar-refractivity contribution < 1.29 is 8.98 Å². The number of rotatable bonds is 3. The fourth-order valence-corrected chi connectivity index (χ4v) is 7.07. The van der Waals surface area contributed by atoms with E-state index in [1.807, 2.05) is 6.07 Å². The Morgan fingerprint density at radius 3 is 2.32 bits per heavy atom. The number of furan rings is 1. The molecule has 0 amide bonds. The van der Waals surface area contributed by atoms with Gasteiger partial charge in [0.05, 0.1) is 17.2 Å². The van der Waals surface area contributed by atoms with Gasteiger partial charge >= 0.3 is 0 Å². The van der Waals surface area contributed by atoms with E-state index in [1.54, 1.807) is 6.26 Å². The van der Waals surface area contributed by atoms with Crippen LogP contribution in [0.2, 0.25) is 13.1 Å². The van der Waals surface area contributed by atoms with Gasteiger partial charge in [0.2, 0.25) is 5.69 Å². The van der Waals surface area contributed by atoms with E-state index in [9.17, 15) is 0 Å². The van der Waals surface area contributed by atoms with E-state index in [1.165, 1.54) is 43.7 Å².